The Bertz CT molecular complexity index is 500. The molecule has 0 fully saturated rings. The van der Waals surface area contributed by atoms with Crippen LogP contribution in [0.3, 0.4) is 0 Å². The standard InChI is InChI=1S/C16H17Cl/c1-12-13(2)16(11-17)9-8-15(12)10-14-6-4-3-5-7-14/h3-9H,10-11H2,1-2H3. The van der Waals surface area contributed by atoms with Gasteiger partial charge in [-0.15, -0.1) is 11.6 Å². The van der Waals surface area contributed by atoms with E-state index in [1.54, 1.807) is 0 Å². The van der Waals surface area contributed by atoms with Gasteiger partial charge >= 0.3 is 0 Å². The minimum atomic E-state index is 0.596. The maximum atomic E-state index is 5.92. The molecule has 0 nitrogen and oxygen atoms in total. The van der Waals surface area contributed by atoms with Crippen molar-refractivity contribution in [3.05, 3.63) is 70.3 Å². The van der Waals surface area contributed by atoms with Gasteiger partial charge in [0.2, 0.25) is 0 Å². The first kappa shape index (κ1) is 12.2. The molecule has 0 unspecified atom stereocenters. The summed E-state index contributed by atoms with van der Waals surface area (Å²) in [6.07, 6.45) is 0.996. The van der Waals surface area contributed by atoms with Crippen LogP contribution in [0.1, 0.15) is 27.8 Å². The van der Waals surface area contributed by atoms with Crippen LogP contribution >= 0.6 is 11.6 Å². The van der Waals surface area contributed by atoms with Gasteiger partial charge in [-0.05, 0) is 48.1 Å². The molecule has 0 aliphatic carbocycles. The van der Waals surface area contributed by atoms with E-state index in [1.807, 2.05) is 0 Å². The summed E-state index contributed by atoms with van der Waals surface area (Å²) in [7, 11) is 0. The molecule has 0 aliphatic heterocycles. The monoisotopic (exact) mass is 244 g/mol. The van der Waals surface area contributed by atoms with E-state index in [0.717, 1.165) is 6.42 Å². The maximum Gasteiger partial charge on any atom is 0.0476 e. The number of hydrogen-bond acceptors (Lipinski definition) is 0. The first-order valence-electron chi connectivity index (χ1n) is 5.90. The molecule has 0 aliphatic rings. The lowest BCUT2D eigenvalue weighted by Gasteiger charge is -2.12. The molecule has 0 N–H and O–H groups in total. The van der Waals surface area contributed by atoms with Crippen molar-refractivity contribution < 1.29 is 0 Å². The molecule has 0 heterocycles. The molecular formula is C16H17Cl. The van der Waals surface area contributed by atoms with Crippen molar-refractivity contribution in [3.8, 4) is 0 Å². The summed E-state index contributed by atoms with van der Waals surface area (Å²) in [5, 5.41) is 0. The summed E-state index contributed by atoms with van der Waals surface area (Å²) in [5.41, 5.74) is 6.68. The van der Waals surface area contributed by atoms with Crippen molar-refractivity contribution in [2.24, 2.45) is 0 Å². The van der Waals surface area contributed by atoms with Crippen LogP contribution in [0.25, 0.3) is 0 Å². The Labute approximate surface area is 108 Å². The van der Waals surface area contributed by atoms with E-state index in [2.05, 4.69) is 56.3 Å². The number of halogens is 1. The van der Waals surface area contributed by atoms with Crippen molar-refractivity contribution >= 4 is 11.6 Å². The summed E-state index contributed by atoms with van der Waals surface area (Å²) in [4.78, 5) is 0. The van der Waals surface area contributed by atoms with Crippen LogP contribution in [0.5, 0.6) is 0 Å². The first-order valence-corrected chi connectivity index (χ1v) is 6.43. The Morgan fingerprint density at radius 1 is 0.824 bits per heavy atom. The third-order valence-electron chi connectivity index (χ3n) is 3.39. The summed E-state index contributed by atoms with van der Waals surface area (Å²) in [6.45, 7) is 4.34. The van der Waals surface area contributed by atoms with Gasteiger partial charge in [-0.3, -0.25) is 0 Å². The van der Waals surface area contributed by atoms with Gasteiger partial charge in [0.05, 0.1) is 0 Å². The highest BCUT2D eigenvalue weighted by molar-refractivity contribution is 6.17. The predicted octanol–water partition coefficient (Wildman–Crippen LogP) is 4.63. The van der Waals surface area contributed by atoms with E-state index in [9.17, 15) is 0 Å². The smallest absolute Gasteiger partial charge is 0.0476 e. The van der Waals surface area contributed by atoms with Crippen molar-refractivity contribution in [1.82, 2.24) is 0 Å². The number of alkyl halides is 1. The molecule has 0 saturated carbocycles. The van der Waals surface area contributed by atoms with Gasteiger partial charge in [0, 0.05) is 5.88 Å². The van der Waals surface area contributed by atoms with Gasteiger partial charge in [0.15, 0.2) is 0 Å². The molecule has 88 valence electrons. The fourth-order valence-corrected chi connectivity index (χ4v) is 2.37. The van der Waals surface area contributed by atoms with Gasteiger partial charge in [-0.25, -0.2) is 0 Å². The fraction of sp³-hybridized carbons (Fsp3) is 0.250. The van der Waals surface area contributed by atoms with Crippen molar-refractivity contribution in [2.75, 3.05) is 0 Å². The summed E-state index contributed by atoms with van der Waals surface area (Å²) in [5.74, 6) is 0.596. The summed E-state index contributed by atoms with van der Waals surface area (Å²) in [6, 6.07) is 14.9. The lowest BCUT2D eigenvalue weighted by molar-refractivity contribution is 1.11. The molecule has 0 saturated heterocycles. The van der Waals surface area contributed by atoms with Crippen LogP contribution in [0.2, 0.25) is 0 Å². The maximum absolute atomic E-state index is 5.92. The third kappa shape index (κ3) is 2.70. The zero-order chi connectivity index (χ0) is 12.3. The molecule has 0 radical (unpaired) electrons. The van der Waals surface area contributed by atoms with E-state index in [-0.39, 0.29) is 0 Å². The van der Waals surface area contributed by atoms with E-state index in [0.29, 0.717) is 5.88 Å². The molecular weight excluding hydrogens is 228 g/mol. The topological polar surface area (TPSA) is 0 Å². The Morgan fingerprint density at radius 2 is 1.41 bits per heavy atom. The van der Waals surface area contributed by atoms with Gasteiger partial charge in [-0.2, -0.15) is 0 Å². The normalized spacial score (nSPS) is 10.5. The minimum Gasteiger partial charge on any atom is -0.122 e. The van der Waals surface area contributed by atoms with Gasteiger partial charge < -0.3 is 0 Å². The highest BCUT2D eigenvalue weighted by atomic mass is 35.5. The Balaban J connectivity index is 2.32. The minimum absolute atomic E-state index is 0.596. The summed E-state index contributed by atoms with van der Waals surface area (Å²) >= 11 is 5.92. The quantitative estimate of drug-likeness (QED) is 0.691. The van der Waals surface area contributed by atoms with Crippen LogP contribution in [-0.4, -0.2) is 0 Å². The number of hydrogen-bond donors (Lipinski definition) is 0. The molecule has 2 aromatic rings. The molecule has 2 rings (SSSR count). The highest BCUT2D eigenvalue weighted by Gasteiger charge is 2.06. The average molecular weight is 245 g/mol. The average Bonchev–Trinajstić information content (AvgIpc) is 2.37. The number of rotatable bonds is 3. The third-order valence-corrected chi connectivity index (χ3v) is 3.68. The molecule has 0 spiro atoms. The first-order chi connectivity index (χ1) is 8.22. The lowest BCUT2D eigenvalue weighted by Crippen LogP contribution is -1.97. The molecule has 17 heavy (non-hydrogen) atoms. The summed E-state index contributed by atoms with van der Waals surface area (Å²) < 4.78 is 0. The zero-order valence-electron chi connectivity index (χ0n) is 10.3. The van der Waals surface area contributed by atoms with Crippen molar-refractivity contribution in [3.63, 3.8) is 0 Å². The Hall–Kier alpha value is -1.27. The van der Waals surface area contributed by atoms with Crippen LogP contribution in [0.4, 0.5) is 0 Å². The van der Waals surface area contributed by atoms with E-state index in [4.69, 9.17) is 11.6 Å². The largest absolute Gasteiger partial charge is 0.122 e. The van der Waals surface area contributed by atoms with Crippen LogP contribution in [0, 0.1) is 13.8 Å². The fourth-order valence-electron chi connectivity index (χ4n) is 2.08. The second-order valence-corrected chi connectivity index (χ2v) is 4.70. The Morgan fingerprint density at radius 3 is 2.06 bits per heavy atom. The highest BCUT2D eigenvalue weighted by Crippen LogP contribution is 2.21. The molecule has 0 atom stereocenters. The van der Waals surface area contributed by atoms with Crippen LogP contribution < -0.4 is 0 Å². The van der Waals surface area contributed by atoms with E-state index >= 15 is 0 Å². The molecule has 0 bridgehead atoms. The second kappa shape index (κ2) is 5.37. The van der Waals surface area contributed by atoms with Gasteiger partial charge in [0.1, 0.15) is 0 Å². The van der Waals surface area contributed by atoms with Crippen LogP contribution in [0.15, 0.2) is 42.5 Å². The molecule has 2 aromatic carbocycles. The predicted molar refractivity (Wildman–Crippen MR) is 74.7 cm³/mol. The van der Waals surface area contributed by atoms with E-state index in [1.165, 1.54) is 27.8 Å². The number of benzene rings is 2. The molecule has 0 aromatic heterocycles. The van der Waals surface area contributed by atoms with Gasteiger partial charge in [-0.1, -0.05) is 42.5 Å². The second-order valence-electron chi connectivity index (χ2n) is 4.43. The zero-order valence-corrected chi connectivity index (χ0v) is 11.1. The SMILES string of the molecule is Cc1c(CCl)ccc(Cc2ccccc2)c1C. The van der Waals surface area contributed by atoms with Crippen molar-refractivity contribution in [1.29, 1.82) is 0 Å². The Kier molecular flexibility index (Phi) is 3.86. The van der Waals surface area contributed by atoms with Crippen molar-refractivity contribution in [2.45, 2.75) is 26.1 Å². The molecule has 0 amide bonds. The lowest BCUT2D eigenvalue weighted by atomic mass is 9.94. The van der Waals surface area contributed by atoms with Gasteiger partial charge in [0.25, 0.3) is 0 Å². The van der Waals surface area contributed by atoms with E-state index < -0.39 is 0 Å². The van der Waals surface area contributed by atoms with Crippen LogP contribution in [-0.2, 0) is 12.3 Å². The molecule has 1 heteroatoms.